The number of Topliss-reactive ketones (excluding diaryl/α,β-unsaturated/α-hetero) is 2. The van der Waals surface area contributed by atoms with Gasteiger partial charge in [-0.25, -0.2) is 0 Å². The number of halogens is 1. The molecular formula is C35H25ClN2O5. The number of carbonyl (C=O) groups excluding carboxylic acids is 4. The normalized spacial score (nSPS) is 22.9. The third kappa shape index (κ3) is 3.96. The number of para-hydroxylation sites is 2. The molecule has 7 rings (SSSR count). The third-order valence-electron chi connectivity index (χ3n) is 8.63. The van der Waals surface area contributed by atoms with Gasteiger partial charge in [-0.1, -0.05) is 72.3 Å². The summed E-state index contributed by atoms with van der Waals surface area (Å²) < 4.78 is 5.17. The van der Waals surface area contributed by atoms with Crippen LogP contribution in [-0.4, -0.2) is 35.5 Å². The minimum atomic E-state index is -1.44. The highest BCUT2D eigenvalue weighted by atomic mass is 35.5. The zero-order valence-corrected chi connectivity index (χ0v) is 23.7. The first-order valence-electron chi connectivity index (χ1n) is 13.9. The van der Waals surface area contributed by atoms with Crippen LogP contribution in [0.15, 0.2) is 103 Å². The van der Waals surface area contributed by atoms with Crippen molar-refractivity contribution in [3.8, 4) is 5.75 Å². The van der Waals surface area contributed by atoms with E-state index in [4.69, 9.17) is 16.3 Å². The molecule has 8 heteroatoms. The summed E-state index contributed by atoms with van der Waals surface area (Å²) in [5.41, 5.74) is 2.00. The van der Waals surface area contributed by atoms with Crippen LogP contribution in [0.4, 0.5) is 11.4 Å². The fraction of sp³-hybridized carbons (Fsp3) is 0.143. The third-order valence-corrected chi connectivity index (χ3v) is 8.96. The fourth-order valence-corrected chi connectivity index (χ4v) is 7.20. The maximum absolute atomic E-state index is 14.8. The van der Waals surface area contributed by atoms with Gasteiger partial charge in [-0.05, 0) is 59.7 Å². The highest BCUT2D eigenvalue weighted by Crippen LogP contribution is 2.58. The lowest BCUT2D eigenvalue weighted by molar-refractivity contribution is -0.131. The number of ketones is 2. The first-order chi connectivity index (χ1) is 20.8. The molecule has 7 nitrogen and oxygen atoms in total. The molecule has 0 saturated carbocycles. The number of nitrogens with one attached hydrogen (secondary N) is 1. The Hall–Kier alpha value is -5.01. The number of fused-ring (bicyclic) bond motifs is 6. The van der Waals surface area contributed by atoms with E-state index in [1.165, 1.54) is 6.92 Å². The number of hydrogen-bond donors (Lipinski definition) is 1. The molecule has 3 heterocycles. The van der Waals surface area contributed by atoms with Crippen LogP contribution < -0.4 is 15.0 Å². The van der Waals surface area contributed by atoms with Crippen molar-refractivity contribution < 1.29 is 23.9 Å². The molecule has 4 aromatic rings. The molecule has 1 fully saturated rings. The van der Waals surface area contributed by atoms with Crippen LogP contribution in [0.25, 0.3) is 6.08 Å². The Morgan fingerprint density at radius 3 is 2.33 bits per heavy atom. The highest BCUT2D eigenvalue weighted by molar-refractivity contribution is 6.34. The van der Waals surface area contributed by atoms with Gasteiger partial charge in [0.2, 0.25) is 5.91 Å². The van der Waals surface area contributed by atoms with E-state index in [1.807, 2.05) is 65.6 Å². The van der Waals surface area contributed by atoms with E-state index in [9.17, 15) is 19.2 Å². The molecule has 43 heavy (non-hydrogen) atoms. The minimum Gasteiger partial charge on any atom is -0.427 e. The number of ether oxygens (including phenoxy) is 1. The van der Waals surface area contributed by atoms with Gasteiger partial charge in [0.15, 0.2) is 11.6 Å². The maximum atomic E-state index is 14.8. The van der Waals surface area contributed by atoms with Gasteiger partial charge in [0.05, 0.1) is 17.0 Å². The van der Waals surface area contributed by atoms with Gasteiger partial charge in [-0.2, -0.15) is 0 Å². The number of anilines is 2. The lowest BCUT2D eigenvalue weighted by Gasteiger charge is -2.37. The van der Waals surface area contributed by atoms with Crippen molar-refractivity contribution in [3.05, 3.63) is 130 Å². The van der Waals surface area contributed by atoms with Gasteiger partial charge in [0.25, 0.3) is 0 Å². The van der Waals surface area contributed by atoms with E-state index in [0.29, 0.717) is 22.6 Å². The molecule has 1 amide bonds. The Morgan fingerprint density at radius 2 is 1.56 bits per heavy atom. The number of amides is 1. The smallest absolute Gasteiger partial charge is 0.308 e. The summed E-state index contributed by atoms with van der Waals surface area (Å²) in [4.78, 5) is 57.4. The zero-order chi connectivity index (χ0) is 29.9. The summed E-state index contributed by atoms with van der Waals surface area (Å²) >= 11 is 6.59. The van der Waals surface area contributed by atoms with E-state index in [2.05, 4.69) is 5.32 Å². The monoisotopic (exact) mass is 588 g/mol. The molecule has 212 valence electrons. The van der Waals surface area contributed by atoms with E-state index < -0.39 is 35.2 Å². The molecule has 1 saturated heterocycles. The number of hydrogen-bond acceptors (Lipinski definition) is 6. The van der Waals surface area contributed by atoms with E-state index in [1.54, 1.807) is 48.5 Å². The average Bonchev–Trinajstić information content (AvgIpc) is 3.49. The summed E-state index contributed by atoms with van der Waals surface area (Å²) in [6, 6.07) is 26.2. The molecule has 1 N–H and O–H groups in total. The van der Waals surface area contributed by atoms with Crippen LogP contribution >= 0.6 is 11.6 Å². The van der Waals surface area contributed by atoms with E-state index in [0.717, 1.165) is 11.3 Å². The maximum Gasteiger partial charge on any atom is 0.308 e. The van der Waals surface area contributed by atoms with E-state index >= 15 is 0 Å². The largest absolute Gasteiger partial charge is 0.427 e. The lowest BCUT2D eigenvalue weighted by atomic mass is 9.64. The predicted molar refractivity (Wildman–Crippen MR) is 164 cm³/mol. The fourth-order valence-electron chi connectivity index (χ4n) is 6.97. The van der Waals surface area contributed by atoms with Gasteiger partial charge < -0.3 is 15.0 Å². The highest BCUT2D eigenvalue weighted by Gasteiger charge is 2.70. The molecule has 4 atom stereocenters. The predicted octanol–water partition coefficient (Wildman–Crippen LogP) is 6.12. The van der Waals surface area contributed by atoms with Crippen LogP contribution in [0, 0.1) is 5.92 Å². The molecule has 3 aliphatic rings. The summed E-state index contributed by atoms with van der Waals surface area (Å²) in [5.74, 6) is -2.41. The number of carbonyl (C=O) groups is 4. The van der Waals surface area contributed by atoms with Crippen molar-refractivity contribution in [1.82, 2.24) is 0 Å². The number of esters is 1. The second-order valence-electron chi connectivity index (χ2n) is 10.9. The molecule has 3 aliphatic heterocycles. The van der Waals surface area contributed by atoms with Gasteiger partial charge in [-0.15, -0.1) is 0 Å². The van der Waals surface area contributed by atoms with Gasteiger partial charge in [-0.3, -0.25) is 19.2 Å². The molecule has 4 aromatic carbocycles. The second-order valence-corrected chi connectivity index (χ2v) is 11.3. The Bertz CT molecular complexity index is 1870. The average molecular weight is 589 g/mol. The minimum absolute atomic E-state index is 0.242. The topological polar surface area (TPSA) is 92.8 Å². The first-order valence-corrected chi connectivity index (χ1v) is 14.3. The Kier molecular flexibility index (Phi) is 6.29. The van der Waals surface area contributed by atoms with Crippen LogP contribution in [0.2, 0.25) is 5.02 Å². The number of rotatable bonds is 5. The second kappa shape index (κ2) is 10.1. The van der Waals surface area contributed by atoms with Crippen molar-refractivity contribution in [1.29, 1.82) is 0 Å². The van der Waals surface area contributed by atoms with Crippen LogP contribution in [0.3, 0.4) is 0 Å². The first kappa shape index (κ1) is 26.9. The molecule has 0 bridgehead atoms. The van der Waals surface area contributed by atoms with Gasteiger partial charge >= 0.3 is 5.97 Å². The zero-order valence-electron chi connectivity index (χ0n) is 23.0. The lowest BCUT2D eigenvalue weighted by Crippen LogP contribution is -2.51. The van der Waals surface area contributed by atoms with Crippen LogP contribution in [0.1, 0.15) is 38.8 Å². The standard InChI is InChI=1S/C35H25ClN2O5/c1-20(39)43-23-17-14-22(15-18-23)32(40)31-30(33(41)24-9-3-5-11-26(24)36)35(25-10-4-6-12-27(25)37-34(35)42)29-19-16-21-8-2-7-13-28(21)38(29)31/h2-19,29-31H,1H3,(H,37,42)/t29-,30+,31-,35-/m0/s1. The Balaban J connectivity index is 1.49. The van der Waals surface area contributed by atoms with Gasteiger partial charge in [0.1, 0.15) is 17.2 Å². The molecule has 0 aromatic heterocycles. The summed E-state index contributed by atoms with van der Waals surface area (Å²) in [6.07, 6.45) is 3.87. The summed E-state index contributed by atoms with van der Waals surface area (Å²) in [6.45, 7) is 1.30. The van der Waals surface area contributed by atoms with Crippen molar-refractivity contribution in [2.45, 2.75) is 24.4 Å². The Labute approximate surface area is 252 Å². The van der Waals surface area contributed by atoms with Crippen LogP contribution in [0.5, 0.6) is 5.75 Å². The molecule has 0 radical (unpaired) electrons. The molecule has 1 spiro atoms. The molecule has 0 aliphatic carbocycles. The molecule has 0 unspecified atom stereocenters. The summed E-state index contributed by atoms with van der Waals surface area (Å²) in [7, 11) is 0. The Morgan fingerprint density at radius 1 is 0.860 bits per heavy atom. The number of nitrogens with zero attached hydrogens (tertiary/aromatic N) is 1. The van der Waals surface area contributed by atoms with E-state index in [-0.39, 0.29) is 22.3 Å². The van der Waals surface area contributed by atoms with Crippen molar-refractivity contribution in [3.63, 3.8) is 0 Å². The number of benzene rings is 4. The molecular weight excluding hydrogens is 564 g/mol. The van der Waals surface area contributed by atoms with Crippen LogP contribution in [-0.2, 0) is 15.0 Å². The van der Waals surface area contributed by atoms with Crippen molar-refractivity contribution in [2.75, 3.05) is 10.2 Å². The van der Waals surface area contributed by atoms with Crippen molar-refractivity contribution in [2.24, 2.45) is 5.92 Å². The van der Waals surface area contributed by atoms with Crippen molar-refractivity contribution >= 4 is 52.5 Å². The van der Waals surface area contributed by atoms with Gasteiger partial charge in [0, 0.05) is 29.4 Å². The SMILES string of the molecule is CC(=O)Oc1ccc(C(=O)[C@@H]2[C@H](C(=O)c3ccccc3Cl)[C@@]3(C(=O)Nc4ccccc43)[C@@H]3C=Cc4ccccc4N23)cc1. The summed E-state index contributed by atoms with van der Waals surface area (Å²) in [5, 5.41) is 3.26. The quantitative estimate of drug-likeness (QED) is 0.171.